The number of likely N-dealkylation sites (tertiary alicyclic amines) is 1. The lowest BCUT2D eigenvalue weighted by Crippen LogP contribution is -2.46. The summed E-state index contributed by atoms with van der Waals surface area (Å²) in [6, 6.07) is 4.91. The molecule has 24 heavy (non-hydrogen) atoms. The summed E-state index contributed by atoms with van der Waals surface area (Å²) >= 11 is 0. The molecule has 0 saturated carbocycles. The highest BCUT2D eigenvalue weighted by Crippen LogP contribution is 2.34. The van der Waals surface area contributed by atoms with E-state index in [-0.39, 0.29) is 23.5 Å². The topological polar surface area (TPSA) is 92.9 Å². The number of carbonyl (C=O) groups excluding carboxylic acids is 1. The van der Waals surface area contributed by atoms with Crippen molar-refractivity contribution in [3.63, 3.8) is 0 Å². The normalized spacial score (nSPS) is 19.9. The molecule has 0 atom stereocenters. The Morgan fingerprint density at radius 3 is 2.62 bits per heavy atom. The van der Waals surface area contributed by atoms with E-state index in [9.17, 15) is 13.2 Å². The van der Waals surface area contributed by atoms with E-state index in [1.807, 2.05) is 0 Å². The van der Waals surface area contributed by atoms with Gasteiger partial charge in [-0.25, -0.2) is 8.42 Å². The summed E-state index contributed by atoms with van der Waals surface area (Å²) in [7, 11) is -3.34. The molecule has 1 aromatic rings. The minimum absolute atomic E-state index is 0.0178. The van der Waals surface area contributed by atoms with Gasteiger partial charge in [-0.3, -0.25) is 4.79 Å². The van der Waals surface area contributed by atoms with Gasteiger partial charge < -0.3 is 20.3 Å². The molecule has 7 nitrogen and oxygen atoms in total. The Hall–Kier alpha value is -1.64. The summed E-state index contributed by atoms with van der Waals surface area (Å²) in [6.45, 7) is 3.08. The first-order chi connectivity index (χ1) is 11.3. The molecule has 1 aromatic carbocycles. The number of anilines is 1. The van der Waals surface area contributed by atoms with Crippen molar-refractivity contribution in [3.8, 4) is 5.75 Å². The molecule has 1 saturated heterocycles. The van der Waals surface area contributed by atoms with Crippen molar-refractivity contribution < 1.29 is 17.9 Å². The summed E-state index contributed by atoms with van der Waals surface area (Å²) in [6.07, 6.45) is 3.08. The fourth-order valence-corrected chi connectivity index (χ4v) is 3.72. The van der Waals surface area contributed by atoms with Crippen molar-refractivity contribution in [2.75, 3.05) is 43.9 Å². The summed E-state index contributed by atoms with van der Waals surface area (Å²) < 4.78 is 29.0. The molecule has 0 aliphatic carbocycles. The third-order valence-corrected chi connectivity index (χ3v) is 5.68. The SMILES string of the molecule is CS(=O)(=O)c1ccc2c(c1)N(CCN1CCC(N)CC1)C(=O)CO2. The van der Waals surface area contributed by atoms with Gasteiger partial charge in [-0.2, -0.15) is 0 Å². The van der Waals surface area contributed by atoms with Gasteiger partial charge in [0, 0.05) is 25.4 Å². The van der Waals surface area contributed by atoms with Crippen molar-refractivity contribution in [1.29, 1.82) is 0 Å². The third-order valence-electron chi connectivity index (χ3n) is 4.57. The number of ether oxygens (including phenoxy) is 1. The highest BCUT2D eigenvalue weighted by Gasteiger charge is 2.27. The molecule has 8 heteroatoms. The summed E-state index contributed by atoms with van der Waals surface area (Å²) in [5.41, 5.74) is 6.44. The first-order valence-electron chi connectivity index (χ1n) is 8.10. The quantitative estimate of drug-likeness (QED) is 0.833. The van der Waals surface area contributed by atoms with E-state index >= 15 is 0 Å². The van der Waals surface area contributed by atoms with E-state index < -0.39 is 9.84 Å². The van der Waals surface area contributed by atoms with Gasteiger partial charge in [-0.1, -0.05) is 0 Å². The highest BCUT2D eigenvalue weighted by atomic mass is 32.2. The number of benzene rings is 1. The average Bonchev–Trinajstić information content (AvgIpc) is 2.54. The predicted molar refractivity (Wildman–Crippen MR) is 91.0 cm³/mol. The Kier molecular flexibility index (Phi) is 4.80. The Bertz CT molecular complexity index is 727. The summed E-state index contributed by atoms with van der Waals surface area (Å²) in [5.74, 6) is 0.393. The van der Waals surface area contributed by atoms with Crippen LogP contribution in [0.1, 0.15) is 12.8 Å². The van der Waals surface area contributed by atoms with Gasteiger partial charge in [0.05, 0.1) is 10.6 Å². The number of nitrogens with zero attached hydrogens (tertiary/aromatic N) is 2. The van der Waals surface area contributed by atoms with Gasteiger partial charge >= 0.3 is 0 Å². The lowest BCUT2D eigenvalue weighted by Gasteiger charge is -2.34. The van der Waals surface area contributed by atoms with E-state index in [2.05, 4.69) is 4.90 Å². The maximum atomic E-state index is 12.3. The van der Waals surface area contributed by atoms with E-state index in [1.54, 1.807) is 11.0 Å². The molecule has 1 fully saturated rings. The molecular formula is C16H23N3O4S. The minimum atomic E-state index is -3.34. The number of carbonyl (C=O) groups is 1. The number of amides is 1. The van der Waals surface area contributed by atoms with Gasteiger partial charge in [0.15, 0.2) is 16.4 Å². The average molecular weight is 353 g/mol. The lowest BCUT2D eigenvalue weighted by atomic mass is 10.1. The number of hydrogen-bond acceptors (Lipinski definition) is 6. The van der Waals surface area contributed by atoms with Crippen molar-refractivity contribution in [2.24, 2.45) is 5.73 Å². The summed E-state index contributed by atoms with van der Waals surface area (Å²) in [4.78, 5) is 16.4. The second kappa shape index (κ2) is 6.70. The van der Waals surface area contributed by atoms with Gasteiger partial charge in [-0.05, 0) is 44.1 Å². The highest BCUT2D eigenvalue weighted by molar-refractivity contribution is 7.90. The van der Waals surface area contributed by atoms with Crippen LogP contribution < -0.4 is 15.4 Å². The van der Waals surface area contributed by atoms with Crippen LogP contribution in [0.15, 0.2) is 23.1 Å². The lowest BCUT2D eigenvalue weighted by molar-refractivity contribution is -0.121. The second-order valence-electron chi connectivity index (χ2n) is 6.41. The van der Waals surface area contributed by atoms with Crippen LogP contribution in [0.3, 0.4) is 0 Å². The standard InChI is InChI=1S/C16H23N3O4S/c1-24(21,22)13-2-3-15-14(10-13)19(16(20)11-23-15)9-8-18-6-4-12(17)5-7-18/h2-3,10,12H,4-9,11,17H2,1H3. The van der Waals surface area contributed by atoms with Gasteiger partial charge in [-0.15, -0.1) is 0 Å². The van der Waals surface area contributed by atoms with E-state index in [0.29, 0.717) is 18.0 Å². The molecule has 2 aliphatic rings. The molecular weight excluding hydrogens is 330 g/mol. The zero-order valence-corrected chi connectivity index (χ0v) is 14.6. The zero-order chi connectivity index (χ0) is 17.3. The van der Waals surface area contributed by atoms with E-state index in [4.69, 9.17) is 10.5 Å². The fourth-order valence-electron chi connectivity index (χ4n) is 3.08. The first-order valence-corrected chi connectivity index (χ1v) is 9.99. The van der Waals surface area contributed by atoms with Crippen LogP contribution >= 0.6 is 0 Å². The van der Waals surface area contributed by atoms with Crippen LogP contribution in [-0.2, 0) is 14.6 Å². The zero-order valence-electron chi connectivity index (χ0n) is 13.8. The predicted octanol–water partition coefficient (Wildman–Crippen LogP) is 0.239. The first kappa shape index (κ1) is 17.2. The molecule has 2 aliphatic heterocycles. The smallest absolute Gasteiger partial charge is 0.265 e. The Morgan fingerprint density at radius 2 is 1.96 bits per heavy atom. The van der Waals surface area contributed by atoms with Crippen LogP contribution in [0.2, 0.25) is 0 Å². The number of hydrogen-bond donors (Lipinski definition) is 1. The fraction of sp³-hybridized carbons (Fsp3) is 0.562. The van der Waals surface area contributed by atoms with Crippen molar-refractivity contribution in [3.05, 3.63) is 18.2 Å². The largest absolute Gasteiger partial charge is 0.482 e. The van der Waals surface area contributed by atoms with E-state index in [0.717, 1.165) is 38.7 Å². The molecule has 0 radical (unpaired) electrons. The number of rotatable bonds is 4. The Labute approximate surface area is 142 Å². The molecule has 0 spiro atoms. The van der Waals surface area contributed by atoms with E-state index in [1.165, 1.54) is 12.1 Å². The number of piperidine rings is 1. The van der Waals surface area contributed by atoms with Crippen molar-refractivity contribution >= 4 is 21.4 Å². The van der Waals surface area contributed by atoms with Crippen LogP contribution in [-0.4, -0.2) is 64.3 Å². The number of sulfone groups is 1. The molecule has 3 rings (SSSR count). The van der Waals surface area contributed by atoms with Gasteiger partial charge in [0.2, 0.25) is 0 Å². The molecule has 0 bridgehead atoms. The number of fused-ring (bicyclic) bond motifs is 1. The molecule has 132 valence electrons. The molecule has 1 amide bonds. The monoisotopic (exact) mass is 353 g/mol. The van der Waals surface area contributed by atoms with Crippen molar-refractivity contribution in [1.82, 2.24) is 4.90 Å². The number of nitrogens with two attached hydrogens (primary N) is 1. The third kappa shape index (κ3) is 3.71. The maximum Gasteiger partial charge on any atom is 0.265 e. The van der Waals surface area contributed by atoms with Crippen molar-refractivity contribution in [2.45, 2.75) is 23.8 Å². The van der Waals surface area contributed by atoms with Crippen LogP contribution in [0.4, 0.5) is 5.69 Å². The maximum absolute atomic E-state index is 12.3. The van der Waals surface area contributed by atoms with Crippen LogP contribution in [0.25, 0.3) is 0 Å². The Morgan fingerprint density at radius 1 is 1.25 bits per heavy atom. The van der Waals surface area contributed by atoms with Crippen LogP contribution in [0.5, 0.6) is 5.75 Å². The summed E-state index contributed by atoms with van der Waals surface area (Å²) in [5, 5.41) is 0. The second-order valence-corrected chi connectivity index (χ2v) is 8.43. The van der Waals surface area contributed by atoms with Gasteiger partial charge in [0.25, 0.3) is 5.91 Å². The van der Waals surface area contributed by atoms with Crippen LogP contribution in [0, 0.1) is 0 Å². The molecule has 2 N–H and O–H groups in total. The minimum Gasteiger partial charge on any atom is -0.482 e. The van der Waals surface area contributed by atoms with Gasteiger partial charge in [0.1, 0.15) is 5.75 Å². The Balaban J connectivity index is 1.77. The molecule has 2 heterocycles. The molecule has 0 unspecified atom stereocenters. The molecule has 0 aromatic heterocycles.